The van der Waals surface area contributed by atoms with Crippen LogP contribution in [-0.2, 0) is 4.79 Å². The number of carbonyl (C=O) groups excluding carboxylic acids is 1. The molecule has 3 heteroatoms. The molecule has 0 aromatic heterocycles. The lowest BCUT2D eigenvalue weighted by atomic mass is 9.97. The van der Waals surface area contributed by atoms with Crippen molar-refractivity contribution in [2.45, 2.75) is 66.5 Å². The Morgan fingerprint density at radius 3 is 2.19 bits per heavy atom. The van der Waals surface area contributed by atoms with E-state index in [4.69, 9.17) is 4.74 Å². The molecule has 0 spiro atoms. The second kappa shape index (κ2) is 8.88. The summed E-state index contributed by atoms with van der Waals surface area (Å²) in [6.07, 6.45) is 0.980. The fourth-order valence-electron chi connectivity index (χ4n) is 3.19. The molecular formula is C23H31NO2. The maximum absolute atomic E-state index is 12.9. The van der Waals surface area contributed by atoms with Crippen molar-refractivity contribution in [3.8, 4) is 5.75 Å². The van der Waals surface area contributed by atoms with Crippen molar-refractivity contribution < 1.29 is 9.53 Å². The second-order valence-electron chi connectivity index (χ2n) is 7.11. The highest BCUT2D eigenvalue weighted by atomic mass is 16.5. The van der Waals surface area contributed by atoms with Crippen LogP contribution in [0.15, 0.2) is 36.4 Å². The van der Waals surface area contributed by atoms with Crippen LogP contribution in [0.3, 0.4) is 0 Å². The predicted molar refractivity (Wildman–Crippen MR) is 108 cm³/mol. The van der Waals surface area contributed by atoms with Gasteiger partial charge in [-0.1, -0.05) is 49.7 Å². The van der Waals surface area contributed by atoms with Crippen LogP contribution >= 0.6 is 0 Å². The van der Waals surface area contributed by atoms with Crippen LogP contribution in [0.2, 0.25) is 0 Å². The summed E-state index contributed by atoms with van der Waals surface area (Å²) in [4.78, 5) is 12.9. The van der Waals surface area contributed by atoms with Gasteiger partial charge in [-0.25, -0.2) is 0 Å². The first-order valence-electron chi connectivity index (χ1n) is 9.47. The number of amides is 1. The molecule has 2 aromatic rings. The summed E-state index contributed by atoms with van der Waals surface area (Å²) >= 11 is 0. The van der Waals surface area contributed by atoms with Crippen LogP contribution in [0.5, 0.6) is 5.75 Å². The Kier molecular flexibility index (Phi) is 6.84. The molecule has 0 bridgehead atoms. The largest absolute Gasteiger partial charge is 0.480 e. The van der Waals surface area contributed by atoms with Gasteiger partial charge < -0.3 is 10.1 Å². The molecule has 26 heavy (non-hydrogen) atoms. The Hall–Kier alpha value is -2.29. The van der Waals surface area contributed by atoms with Crippen LogP contribution in [0.1, 0.15) is 60.5 Å². The highest BCUT2D eigenvalue weighted by Gasteiger charge is 2.23. The Morgan fingerprint density at radius 2 is 1.58 bits per heavy atom. The van der Waals surface area contributed by atoms with E-state index in [2.05, 4.69) is 50.4 Å². The van der Waals surface area contributed by atoms with Gasteiger partial charge in [0.1, 0.15) is 5.75 Å². The van der Waals surface area contributed by atoms with Crippen LogP contribution in [-0.4, -0.2) is 12.0 Å². The van der Waals surface area contributed by atoms with Crippen molar-refractivity contribution in [2.75, 3.05) is 0 Å². The Labute approximate surface area is 157 Å². The first-order valence-corrected chi connectivity index (χ1v) is 9.47. The van der Waals surface area contributed by atoms with Crippen molar-refractivity contribution in [3.63, 3.8) is 0 Å². The molecule has 2 atom stereocenters. The average molecular weight is 354 g/mol. The SMILES string of the molecule is CC[C@H](Oc1cc(C)ccc1C)C(=O)N[C@@H](CC)c1ccc(C)cc1C. The van der Waals surface area contributed by atoms with E-state index >= 15 is 0 Å². The van der Waals surface area contributed by atoms with E-state index in [0.717, 1.165) is 23.3 Å². The molecular weight excluding hydrogens is 322 g/mol. The maximum atomic E-state index is 12.9. The van der Waals surface area contributed by atoms with Gasteiger partial charge in [0, 0.05) is 0 Å². The molecule has 140 valence electrons. The Balaban J connectivity index is 2.15. The summed E-state index contributed by atoms with van der Waals surface area (Å²) < 4.78 is 6.06. The van der Waals surface area contributed by atoms with Crippen LogP contribution in [0.4, 0.5) is 0 Å². The van der Waals surface area contributed by atoms with Gasteiger partial charge in [0.05, 0.1) is 6.04 Å². The third-order valence-corrected chi connectivity index (χ3v) is 4.80. The molecule has 2 aromatic carbocycles. The molecule has 0 saturated carbocycles. The molecule has 0 aliphatic rings. The monoisotopic (exact) mass is 353 g/mol. The topological polar surface area (TPSA) is 38.3 Å². The Bertz CT molecular complexity index is 767. The van der Waals surface area contributed by atoms with E-state index in [1.165, 1.54) is 16.7 Å². The number of aryl methyl sites for hydroxylation is 4. The zero-order valence-corrected chi connectivity index (χ0v) is 16.8. The lowest BCUT2D eigenvalue weighted by Gasteiger charge is -2.24. The third kappa shape index (κ3) is 4.87. The molecule has 1 amide bonds. The summed E-state index contributed by atoms with van der Waals surface area (Å²) in [6, 6.07) is 12.4. The molecule has 0 fully saturated rings. The number of benzene rings is 2. The van der Waals surface area contributed by atoms with Crippen molar-refractivity contribution >= 4 is 5.91 Å². The number of hydrogen-bond acceptors (Lipinski definition) is 2. The highest BCUT2D eigenvalue weighted by molar-refractivity contribution is 5.81. The van der Waals surface area contributed by atoms with E-state index in [9.17, 15) is 4.79 Å². The number of ether oxygens (including phenoxy) is 1. The molecule has 0 aliphatic heterocycles. The third-order valence-electron chi connectivity index (χ3n) is 4.80. The summed E-state index contributed by atoms with van der Waals surface area (Å²) in [5, 5.41) is 3.18. The standard InChI is InChI=1S/C23H31NO2/c1-7-20(19-12-10-15(3)13-18(19)6)24-23(25)21(8-2)26-22-14-16(4)9-11-17(22)5/h9-14,20-21H,7-8H2,1-6H3,(H,24,25)/t20-,21-/m0/s1. The number of hydrogen-bond donors (Lipinski definition) is 1. The minimum absolute atomic E-state index is 0.000596. The Morgan fingerprint density at radius 1 is 0.923 bits per heavy atom. The van der Waals surface area contributed by atoms with Gasteiger partial charge in [-0.15, -0.1) is 0 Å². The van der Waals surface area contributed by atoms with E-state index in [1.54, 1.807) is 0 Å². The van der Waals surface area contributed by atoms with Crippen molar-refractivity contribution in [1.29, 1.82) is 0 Å². The number of carbonyl (C=O) groups is 1. The van der Waals surface area contributed by atoms with Gasteiger partial charge in [-0.2, -0.15) is 0 Å². The fourth-order valence-corrected chi connectivity index (χ4v) is 3.19. The summed E-state index contributed by atoms with van der Waals surface area (Å²) in [5.74, 6) is 0.729. The lowest BCUT2D eigenvalue weighted by Crippen LogP contribution is -2.40. The number of rotatable bonds is 7. The van der Waals surface area contributed by atoms with E-state index < -0.39 is 6.10 Å². The summed E-state index contributed by atoms with van der Waals surface area (Å²) in [5.41, 5.74) is 5.79. The number of nitrogens with one attached hydrogen (secondary N) is 1. The molecule has 0 unspecified atom stereocenters. The van der Waals surface area contributed by atoms with E-state index in [0.29, 0.717) is 6.42 Å². The van der Waals surface area contributed by atoms with Gasteiger partial charge in [0.2, 0.25) is 0 Å². The van der Waals surface area contributed by atoms with E-state index in [-0.39, 0.29) is 11.9 Å². The van der Waals surface area contributed by atoms with Crippen molar-refractivity contribution in [1.82, 2.24) is 5.32 Å². The smallest absolute Gasteiger partial charge is 0.261 e. The van der Waals surface area contributed by atoms with Crippen molar-refractivity contribution in [2.24, 2.45) is 0 Å². The molecule has 0 aliphatic carbocycles. The van der Waals surface area contributed by atoms with Gasteiger partial charge in [-0.05, 0) is 68.9 Å². The summed E-state index contributed by atoms with van der Waals surface area (Å²) in [6.45, 7) is 12.3. The molecule has 3 nitrogen and oxygen atoms in total. The quantitative estimate of drug-likeness (QED) is 0.729. The van der Waals surface area contributed by atoms with E-state index in [1.807, 2.05) is 32.9 Å². The van der Waals surface area contributed by atoms with Crippen LogP contribution in [0, 0.1) is 27.7 Å². The fraction of sp³-hybridized carbons (Fsp3) is 0.435. The zero-order chi connectivity index (χ0) is 19.3. The average Bonchev–Trinajstić information content (AvgIpc) is 2.60. The van der Waals surface area contributed by atoms with Crippen LogP contribution in [0.25, 0.3) is 0 Å². The van der Waals surface area contributed by atoms with Crippen molar-refractivity contribution in [3.05, 3.63) is 64.2 Å². The first kappa shape index (κ1) is 20.0. The molecule has 1 N–H and O–H groups in total. The first-order chi connectivity index (χ1) is 12.3. The minimum Gasteiger partial charge on any atom is -0.480 e. The highest BCUT2D eigenvalue weighted by Crippen LogP contribution is 2.24. The van der Waals surface area contributed by atoms with Crippen LogP contribution < -0.4 is 10.1 Å². The predicted octanol–water partition coefficient (Wildman–Crippen LogP) is 5.35. The minimum atomic E-state index is -0.490. The van der Waals surface area contributed by atoms with Gasteiger partial charge in [0.25, 0.3) is 5.91 Å². The molecule has 0 heterocycles. The van der Waals surface area contributed by atoms with Gasteiger partial charge in [-0.3, -0.25) is 4.79 Å². The maximum Gasteiger partial charge on any atom is 0.261 e. The normalized spacial score (nSPS) is 13.2. The summed E-state index contributed by atoms with van der Waals surface area (Å²) in [7, 11) is 0. The molecule has 0 saturated heterocycles. The lowest BCUT2D eigenvalue weighted by molar-refractivity contribution is -0.129. The molecule has 0 radical (unpaired) electrons. The van der Waals surface area contributed by atoms with Gasteiger partial charge >= 0.3 is 0 Å². The molecule has 2 rings (SSSR count). The zero-order valence-electron chi connectivity index (χ0n) is 16.8. The van der Waals surface area contributed by atoms with Gasteiger partial charge in [0.15, 0.2) is 6.10 Å². The second-order valence-corrected chi connectivity index (χ2v) is 7.11.